The number of amides is 1. The van der Waals surface area contributed by atoms with E-state index in [0.29, 0.717) is 19.3 Å². The van der Waals surface area contributed by atoms with Gasteiger partial charge in [0.1, 0.15) is 11.9 Å². The average molecular weight is 290 g/mol. The third kappa shape index (κ3) is 3.95. The maximum Gasteiger partial charge on any atom is 0.254 e. The van der Waals surface area contributed by atoms with Gasteiger partial charge in [-0.25, -0.2) is 0 Å². The summed E-state index contributed by atoms with van der Waals surface area (Å²) in [5.74, 6) is 0.711. The smallest absolute Gasteiger partial charge is 0.254 e. The molecule has 1 saturated carbocycles. The van der Waals surface area contributed by atoms with E-state index in [1.165, 1.54) is 12.8 Å². The van der Waals surface area contributed by atoms with Crippen LogP contribution < -0.4 is 15.4 Å². The number of ether oxygens (including phenoxy) is 2. The topological polar surface area (TPSA) is 59.6 Å². The van der Waals surface area contributed by atoms with Crippen LogP contribution in [0.15, 0.2) is 24.3 Å². The first kappa shape index (κ1) is 14.4. The van der Waals surface area contributed by atoms with E-state index in [-0.39, 0.29) is 5.91 Å². The largest absolute Gasteiger partial charge is 0.490 e. The molecule has 2 aliphatic rings. The van der Waals surface area contributed by atoms with Crippen LogP contribution in [0.2, 0.25) is 0 Å². The molecule has 114 valence electrons. The maximum absolute atomic E-state index is 12.1. The van der Waals surface area contributed by atoms with Crippen LogP contribution in [-0.4, -0.2) is 37.8 Å². The van der Waals surface area contributed by atoms with Crippen LogP contribution >= 0.6 is 0 Å². The highest BCUT2D eigenvalue weighted by molar-refractivity contribution is 5.94. The molecule has 1 unspecified atom stereocenters. The summed E-state index contributed by atoms with van der Waals surface area (Å²) < 4.78 is 11.4. The molecule has 0 radical (unpaired) electrons. The van der Waals surface area contributed by atoms with Crippen molar-refractivity contribution in [3.05, 3.63) is 24.3 Å². The lowest BCUT2D eigenvalue weighted by Gasteiger charge is -2.22. The van der Waals surface area contributed by atoms with Crippen LogP contribution in [0.25, 0.3) is 0 Å². The highest BCUT2D eigenvalue weighted by Gasteiger charge is 2.22. The Morgan fingerprint density at radius 2 is 2.19 bits per heavy atom. The van der Waals surface area contributed by atoms with Gasteiger partial charge < -0.3 is 20.1 Å². The van der Waals surface area contributed by atoms with Gasteiger partial charge in [-0.2, -0.15) is 0 Å². The van der Waals surface area contributed by atoms with E-state index < -0.39 is 6.10 Å². The van der Waals surface area contributed by atoms with Gasteiger partial charge in [-0.3, -0.25) is 4.79 Å². The summed E-state index contributed by atoms with van der Waals surface area (Å²) in [5, 5.41) is 6.04. The molecule has 1 heterocycles. The van der Waals surface area contributed by atoms with Crippen LogP contribution in [0, 0.1) is 0 Å². The van der Waals surface area contributed by atoms with Crippen molar-refractivity contribution in [1.82, 2.24) is 5.32 Å². The van der Waals surface area contributed by atoms with Crippen LogP contribution in [0.1, 0.15) is 25.7 Å². The van der Waals surface area contributed by atoms with Gasteiger partial charge in [-0.1, -0.05) is 6.07 Å². The van der Waals surface area contributed by atoms with E-state index >= 15 is 0 Å². The summed E-state index contributed by atoms with van der Waals surface area (Å²) in [5.41, 5.74) is 0.754. The Bertz CT molecular complexity index is 480. The van der Waals surface area contributed by atoms with E-state index in [4.69, 9.17) is 9.47 Å². The Kier molecular flexibility index (Phi) is 4.72. The molecule has 21 heavy (non-hydrogen) atoms. The summed E-state index contributed by atoms with van der Waals surface area (Å²) in [6.45, 7) is 1.93. The van der Waals surface area contributed by atoms with E-state index in [9.17, 15) is 4.79 Å². The molecule has 1 aromatic rings. The third-order valence-electron chi connectivity index (χ3n) is 3.93. The Morgan fingerprint density at radius 3 is 2.95 bits per heavy atom. The number of morpholine rings is 1. The van der Waals surface area contributed by atoms with Gasteiger partial charge in [0.05, 0.1) is 12.7 Å². The molecule has 0 bridgehead atoms. The van der Waals surface area contributed by atoms with Gasteiger partial charge in [0.25, 0.3) is 5.91 Å². The fourth-order valence-corrected chi connectivity index (χ4v) is 2.80. The van der Waals surface area contributed by atoms with Gasteiger partial charge in [0.2, 0.25) is 0 Å². The minimum Gasteiger partial charge on any atom is -0.490 e. The zero-order valence-electron chi connectivity index (χ0n) is 12.1. The second-order valence-electron chi connectivity index (χ2n) is 5.60. The number of nitrogens with one attached hydrogen (secondary N) is 2. The van der Waals surface area contributed by atoms with E-state index in [0.717, 1.165) is 30.8 Å². The number of anilines is 1. The first-order valence-electron chi connectivity index (χ1n) is 7.71. The molecule has 1 saturated heterocycles. The standard InChI is InChI=1S/C16H22N2O3/c19-16(15-11-17-8-9-20-15)18-12-4-3-7-14(10-12)21-13-5-1-2-6-13/h3-4,7,10,13,15,17H,1-2,5-6,8-9,11H2,(H,18,19). The molecule has 1 atom stereocenters. The molecular formula is C16H22N2O3. The molecule has 1 aromatic carbocycles. The number of rotatable bonds is 4. The third-order valence-corrected chi connectivity index (χ3v) is 3.93. The molecule has 0 spiro atoms. The second-order valence-corrected chi connectivity index (χ2v) is 5.60. The minimum atomic E-state index is -0.418. The number of carbonyl (C=O) groups excluding carboxylic acids is 1. The molecular weight excluding hydrogens is 268 g/mol. The molecule has 2 N–H and O–H groups in total. The van der Waals surface area contributed by atoms with Crippen molar-refractivity contribution in [1.29, 1.82) is 0 Å². The predicted molar refractivity (Wildman–Crippen MR) is 80.6 cm³/mol. The second kappa shape index (κ2) is 6.91. The molecule has 0 aromatic heterocycles. The summed E-state index contributed by atoms with van der Waals surface area (Å²) in [4.78, 5) is 12.1. The van der Waals surface area contributed by atoms with Crippen molar-refractivity contribution in [2.45, 2.75) is 37.9 Å². The molecule has 1 aliphatic carbocycles. The fourth-order valence-electron chi connectivity index (χ4n) is 2.80. The maximum atomic E-state index is 12.1. The number of hydrogen-bond acceptors (Lipinski definition) is 4. The van der Waals surface area contributed by atoms with Crippen molar-refractivity contribution < 1.29 is 14.3 Å². The van der Waals surface area contributed by atoms with Crippen molar-refractivity contribution in [2.24, 2.45) is 0 Å². The lowest BCUT2D eigenvalue weighted by atomic mass is 10.2. The SMILES string of the molecule is O=C(Nc1cccc(OC2CCCC2)c1)C1CNCCO1. The first-order chi connectivity index (χ1) is 10.3. The monoisotopic (exact) mass is 290 g/mol. The van der Waals surface area contributed by atoms with Gasteiger partial charge in [-0.05, 0) is 37.8 Å². The number of hydrogen-bond donors (Lipinski definition) is 2. The number of carbonyl (C=O) groups is 1. The van der Waals surface area contributed by atoms with E-state index in [1.807, 2.05) is 24.3 Å². The Hall–Kier alpha value is -1.59. The molecule has 3 rings (SSSR count). The van der Waals surface area contributed by atoms with Crippen LogP contribution in [0.5, 0.6) is 5.75 Å². The predicted octanol–water partition coefficient (Wildman–Crippen LogP) is 1.93. The lowest BCUT2D eigenvalue weighted by Crippen LogP contribution is -2.45. The van der Waals surface area contributed by atoms with E-state index in [2.05, 4.69) is 10.6 Å². The van der Waals surface area contributed by atoms with Crippen LogP contribution in [0.3, 0.4) is 0 Å². The van der Waals surface area contributed by atoms with Gasteiger partial charge in [0, 0.05) is 24.8 Å². The van der Waals surface area contributed by atoms with Gasteiger partial charge in [-0.15, -0.1) is 0 Å². The highest BCUT2D eigenvalue weighted by atomic mass is 16.5. The highest BCUT2D eigenvalue weighted by Crippen LogP contribution is 2.25. The summed E-state index contributed by atoms with van der Waals surface area (Å²) in [6.07, 6.45) is 4.64. The van der Waals surface area contributed by atoms with Crippen molar-refractivity contribution >= 4 is 11.6 Å². The molecule has 2 fully saturated rings. The van der Waals surface area contributed by atoms with Crippen LogP contribution in [0.4, 0.5) is 5.69 Å². The van der Waals surface area contributed by atoms with E-state index in [1.54, 1.807) is 0 Å². The quantitative estimate of drug-likeness (QED) is 0.889. The summed E-state index contributed by atoms with van der Waals surface area (Å²) in [7, 11) is 0. The fraction of sp³-hybridized carbons (Fsp3) is 0.562. The normalized spacial score (nSPS) is 23.0. The molecule has 5 heteroatoms. The Labute approximate surface area is 125 Å². The summed E-state index contributed by atoms with van der Waals surface area (Å²) >= 11 is 0. The zero-order valence-corrected chi connectivity index (χ0v) is 12.1. The Morgan fingerprint density at radius 1 is 1.33 bits per heavy atom. The van der Waals surface area contributed by atoms with Crippen molar-refractivity contribution in [3.8, 4) is 5.75 Å². The molecule has 5 nitrogen and oxygen atoms in total. The zero-order chi connectivity index (χ0) is 14.5. The van der Waals surface area contributed by atoms with Crippen LogP contribution in [-0.2, 0) is 9.53 Å². The lowest BCUT2D eigenvalue weighted by molar-refractivity contribution is -0.128. The Balaban J connectivity index is 1.58. The number of benzene rings is 1. The molecule has 1 amide bonds. The van der Waals surface area contributed by atoms with Crippen molar-refractivity contribution in [3.63, 3.8) is 0 Å². The average Bonchev–Trinajstić information content (AvgIpc) is 3.01. The first-order valence-corrected chi connectivity index (χ1v) is 7.71. The van der Waals surface area contributed by atoms with Gasteiger partial charge in [0.15, 0.2) is 0 Å². The van der Waals surface area contributed by atoms with Gasteiger partial charge >= 0.3 is 0 Å². The summed E-state index contributed by atoms with van der Waals surface area (Å²) in [6, 6.07) is 7.59. The molecule has 1 aliphatic heterocycles. The minimum absolute atomic E-state index is 0.111. The van der Waals surface area contributed by atoms with Crippen molar-refractivity contribution in [2.75, 3.05) is 25.0 Å².